The summed E-state index contributed by atoms with van der Waals surface area (Å²) in [5, 5.41) is 0.724. The number of thiophene rings is 1. The zero-order chi connectivity index (χ0) is 14.5. The largest absolute Gasteiger partial charge is 0.370 e. The lowest BCUT2D eigenvalue weighted by molar-refractivity contribution is -0.0379. The molecule has 0 amide bonds. The van der Waals surface area contributed by atoms with Crippen molar-refractivity contribution >= 4 is 27.5 Å². The fraction of sp³-hybridized carbons (Fsp3) is 0.538. The second-order valence-corrected chi connectivity index (χ2v) is 6.62. The first-order valence-corrected chi connectivity index (χ1v) is 7.44. The van der Waals surface area contributed by atoms with Crippen molar-refractivity contribution < 1.29 is 4.74 Å². The summed E-state index contributed by atoms with van der Waals surface area (Å²) in [6.07, 6.45) is 0.734. The van der Waals surface area contributed by atoms with Gasteiger partial charge in [-0.1, -0.05) is 0 Å². The van der Waals surface area contributed by atoms with Crippen molar-refractivity contribution in [3.63, 3.8) is 0 Å². The van der Waals surface area contributed by atoms with Crippen LogP contribution in [0, 0.1) is 0 Å². The topological polar surface area (TPSA) is 82.2 Å². The summed E-state index contributed by atoms with van der Waals surface area (Å²) >= 11 is 1.52. The summed E-state index contributed by atoms with van der Waals surface area (Å²) in [6, 6.07) is 0. The maximum absolute atomic E-state index is 12.7. The van der Waals surface area contributed by atoms with Gasteiger partial charge in [0, 0.05) is 17.8 Å². The van der Waals surface area contributed by atoms with Crippen LogP contribution in [0.15, 0.2) is 4.79 Å². The van der Waals surface area contributed by atoms with Crippen LogP contribution in [0.5, 0.6) is 0 Å². The molecule has 0 spiro atoms. The molecule has 0 unspecified atom stereocenters. The molecular weight excluding hydrogens is 276 g/mol. The first-order valence-electron chi connectivity index (χ1n) is 6.62. The van der Waals surface area contributed by atoms with Crippen LogP contribution in [0.4, 0.5) is 5.95 Å². The lowest BCUT2D eigenvalue weighted by Gasteiger charge is -2.29. The summed E-state index contributed by atoms with van der Waals surface area (Å²) in [5.74, 6) is 5.87. The van der Waals surface area contributed by atoms with E-state index in [1.807, 2.05) is 20.8 Å². The van der Waals surface area contributed by atoms with E-state index in [1.54, 1.807) is 4.57 Å². The molecule has 0 aliphatic carbocycles. The summed E-state index contributed by atoms with van der Waals surface area (Å²) in [6.45, 7) is 7.07. The van der Waals surface area contributed by atoms with E-state index < -0.39 is 0 Å². The van der Waals surface area contributed by atoms with Crippen LogP contribution >= 0.6 is 11.3 Å². The van der Waals surface area contributed by atoms with Crippen molar-refractivity contribution in [1.82, 2.24) is 9.55 Å². The highest BCUT2D eigenvalue weighted by Gasteiger charge is 2.31. The molecule has 0 radical (unpaired) electrons. The average Bonchev–Trinajstić information content (AvgIpc) is 2.74. The van der Waals surface area contributed by atoms with E-state index in [-0.39, 0.29) is 11.2 Å². The Hall–Kier alpha value is -1.44. The molecule has 6 nitrogen and oxygen atoms in total. The molecule has 1 aliphatic rings. The summed E-state index contributed by atoms with van der Waals surface area (Å²) in [5.41, 5.74) is 3.32. The van der Waals surface area contributed by atoms with E-state index >= 15 is 0 Å². The average molecular weight is 294 g/mol. The highest BCUT2D eigenvalue weighted by molar-refractivity contribution is 7.18. The number of nitrogens with two attached hydrogens (primary N) is 1. The van der Waals surface area contributed by atoms with E-state index in [9.17, 15) is 4.79 Å². The summed E-state index contributed by atoms with van der Waals surface area (Å²) < 4.78 is 7.38. The molecule has 2 aromatic heterocycles. The van der Waals surface area contributed by atoms with Crippen LogP contribution in [0.3, 0.4) is 0 Å². The zero-order valence-corrected chi connectivity index (χ0v) is 12.6. The summed E-state index contributed by atoms with van der Waals surface area (Å²) in [7, 11) is 0. The Balaban J connectivity index is 2.32. The third-order valence-corrected chi connectivity index (χ3v) is 4.74. The number of anilines is 1. The van der Waals surface area contributed by atoms with Gasteiger partial charge in [0.1, 0.15) is 4.83 Å². The molecule has 0 fully saturated rings. The van der Waals surface area contributed by atoms with Gasteiger partial charge in [0.05, 0.1) is 17.6 Å². The molecule has 1 aliphatic heterocycles. The maximum atomic E-state index is 12.7. The van der Waals surface area contributed by atoms with E-state index in [2.05, 4.69) is 10.4 Å². The zero-order valence-electron chi connectivity index (χ0n) is 11.8. The van der Waals surface area contributed by atoms with Gasteiger partial charge < -0.3 is 4.74 Å². The molecule has 0 saturated heterocycles. The van der Waals surface area contributed by atoms with Gasteiger partial charge in [-0.3, -0.25) is 14.8 Å². The molecule has 0 aromatic carbocycles. The van der Waals surface area contributed by atoms with Crippen LogP contribution in [-0.4, -0.2) is 15.2 Å². The van der Waals surface area contributed by atoms with Crippen LogP contribution in [0.1, 0.15) is 31.2 Å². The molecule has 7 heteroatoms. The Labute approximate surface area is 120 Å². The highest BCUT2D eigenvalue weighted by atomic mass is 32.1. The van der Waals surface area contributed by atoms with Gasteiger partial charge in [-0.15, -0.1) is 11.3 Å². The molecule has 108 valence electrons. The predicted molar refractivity (Wildman–Crippen MR) is 79.9 cm³/mol. The Bertz CT molecular complexity index is 732. The van der Waals surface area contributed by atoms with Gasteiger partial charge in [0.25, 0.3) is 5.56 Å². The van der Waals surface area contributed by atoms with Crippen LogP contribution in [-0.2, 0) is 24.3 Å². The van der Waals surface area contributed by atoms with E-state index in [1.165, 1.54) is 11.3 Å². The number of hydrazine groups is 1. The highest BCUT2D eigenvalue weighted by Crippen LogP contribution is 2.37. The molecule has 3 rings (SSSR count). The van der Waals surface area contributed by atoms with Crippen molar-refractivity contribution in [3.8, 4) is 0 Å². The number of hydrogen-bond acceptors (Lipinski definition) is 6. The normalized spacial score (nSPS) is 17.2. The van der Waals surface area contributed by atoms with Gasteiger partial charge >= 0.3 is 0 Å². The number of nitrogens with one attached hydrogen (secondary N) is 1. The Morgan fingerprint density at radius 2 is 2.30 bits per heavy atom. The fourth-order valence-electron chi connectivity index (χ4n) is 2.63. The number of rotatable bonds is 2. The van der Waals surface area contributed by atoms with Gasteiger partial charge in [-0.05, 0) is 26.3 Å². The van der Waals surface area contributed by atoms with Crippen molar-refractivity contribution in [2.75, 3.05) is 5.43 Å². The molecule has 0 atom stereocenters. The number of nitrogens with zero attached hydrogens (tertiary/aromatic N) is 2. The van der Waals surface area contributed by atoms with Crippen molar-refractivity contribution in [1.29, 1.82) is 0 Å². The lowest BCUT2D eigenvalue weighted by atomic mass is 9.94. The van der Waals surface area contributed by atoms with Crippen molar-refractivity contribution in [3.05, 3.63) is 20.8 Å². The monoisotopic (exact) mass is 294 g/mol. The SMILES string of the molecule is CCn1c(NN)nc2sc3c(c2c1=O)CC(C)(C)OC3. The second kappa shape index (κ2) is 4.54. The van der Waals surface area contributed by atoms with E-state index in [0.29, 0.717) is 19.1 Å². The Kier molecular flexibility index (Phi) is 3.07. The van der Waals surface area contributed by atoms with Gasteiger partial charge in [0.2, 0.25) is 5.95 Å². The first-order chi connectivity index (χ1) is 9.46. The number of ether oxygens (including phenoxy) is 1. The number of fused-ring (bicyclic) bond motifs is 3. The van der Waals surface area contributed by atoms with Gasteiger partial charge in [-0.2, -0.15) is 0 Å². The molecular formula is C13H18N4O2S. The maximum Gasteiger partial charge on any atom is 0.263 e. The molecule has 0 saturated carbocycles. The first kappa shape index (κ1) is 13.5. The molecule has 2 aromatic rings. The minimum Gasteiger partial charge on any atom is -0.370 e. The van der Waals surface area contributed by atoms with E-state index in [4.69, 9.17) is 10.6 Å². The quantitative estimate of drug-likeness (QED) is 0.649. The number of nitrogen functional groups attached to an aromatic ring is 1. The molecule has 3 N–H and O–H groups in total. The van der Waals surface area contributed by atoms with Gasteiger partial charge in [-0.25, -0.2) is 10.8 Å². The fourth-order valence-corrected chi connectivity index (χ4v) is 3.72. The molecule has 0 bridgehead atoms. The van der Waals surface area contributed by atoms with Crippen molar-refractivity contribution in [2.45, 2.75) is 45.9 Å². The van der Waals surface area contributed by atoms with Crippen LogP contribution < -0.4 is 16.8 Å². The predicted octanol–water partition coefficient (Wildman–Crippen LogP) is 1.61. The summed E-state index contributed by atoms with van der Waals surface area (Å²) in [4.78, 5) is 19.0. The minimum absolute atomic E-state index is 0.0272. The number of hydrogen-bond donors (Lipinski definition) is 2. The second-order valence-electron chi connectivity index (χ2n) is 5.54. The van der Waals surface area contributed by atoms with E-state index in [0.717, 1.165) is 27.1 Å². The third-order valence-electron chi connectivity index (χ3n) is 3.64. The smallest absolute Gasteiger partial charge is 0.263 e. The molecule has 3 heterocycles. The Morgan fingerprint density at radius 3 is 2.95 bits per heavy atom. The Morgan fingerprint density at radius 1 is 1.55 bits per heavy atom. The van der Waals surface area contributed by atoms with Crippen LogP contribution in [0.2, 0.25) is 0 Å². The standard InChI is InChI=1S/C13H18N4O2S/c1-4-17-11(18)9-7-5-13(2,3)19-6-8(7)20-10(9)15-12(17)16-14/h4-6,14H2,1-3H3,(H,15,16). The lowest BCUT2D eigenvalue weighted by Crippen LogP contribution is -2.32. The number of aromatic nitrogens is 2. The van der Waals surface area contributed by atoms with Crippen LogP contribution in [0.25, 0.3) is 10.2 Å². The molecule has 20 heavy (non-hydrogen) atoms. The van der Waals surface area contributed by atoms with Crippen molar-refractivity contribution in [2.24, 2.45) is 5.84 Å². The van der Waals surface area contributed by atoms with Gasteiger partial charge in [0.15, 0.2) is 0 Å². The third kappa shape index (κ3) is 1.93. The minimum atomic E-state index is -0.241.